The smallest absolute Gasteiger partial charge is 0.254 e. The number of Topliss-reactive ketones (excluding diaryl/α,β-unsaturated/α-hetero) is 2. The van der Waals surface area contributed by atoms with Crippen LogP contribution >= 0.6 is 0 Å². The summed E-state index contributed by atoms with van der Waals surface area (Å²) in [5.41, 5.74) is 0.121. The first-order chi connectivity index (χ1) is 9.59. The van der Waals surface area contributed by atoms with Crippen molar-refractivity contribution in [3.63, 3.8) is 0 Å². The summed E-state index contributed by atoms with van der Waals surface area (Å²) in [5, 5.41) is 10.2. The third kappa shape index (κ3) is 1.68. The van der Waals surface area contributed by atoms with Crippen molar-refractivity contribution in [2.24, 2.45) is 0 Å². The molecule has 0 fully saturated rings. The average Bonchev–Trinajstić information content (AvgIpc) is 2.47. The molecule has 3 rings (SSSR count). The Morgan fingerprint density at radius 3 is 2.05 bits per heavy atom. The van der Waals surface area contributed by atoms with Crippen LogP contribution in [0.2, 0.25) is 0 Å². The van der Waals surface area contributed by atoms with Gasteiger partial charge in [0, 0.05) is 35.7 Å². The quantitative estimate of drug-likeness (QED) is 0.794. The zero-order valence-electron chi connectivity index (χ0n) is 10.2. The highest BCUT2D eigenvalue weighted by Crippen LogP contribution is 2.29. The Balaban J connectivity index is 2.29. The van der Waals surface area contributed by atoms with Gasteiger partial charge >= 0.3 is 0 Å². The normalized spacial score (nSPS) is 14.4. The van der Waals surface area contributed by atoms with E-state index < -0.39 is 11.6 Å². The molecule has 20 heavy (non-hydrogen) atoms. The number of nitrogens with zero attached hydrogens (tertiary/aromatic N) is 1. The number of rotatable bonds is 1. The van der Waals surface area contributed by atoms with E-state index in [0.717, 1.165) is 0 Å². The molecule has 0 bridgehead atoms. The lowest BCUT2D eigenvalue weighted by Gasteiger charge is -2.18. The molecule has 0 saturated heterocycles. The predicted molar refractivity (Wildman–Crippen MR) is 72.2 cm³/mol. The van der Waals surface area contributed by atoms with Gasteiger partial charge in [-0.15, -0.1) is 0 Å². The van der Waals surface area contributed by atoms with E-state index in [0.29, 0.717) is 5.56 Å². The van der Waals surface area contributed by atoms with Crippen molar-refractivity contribution in [1.82, 2.24) is 4.57 Å². The van der Waals surface area contributed by atoms with Crippen molar-refractivity contribution in [3.8, 4) is 0 Å². The minimum absolute atomic E-state index is 0.145. The summed E-state index contributed by atoms with van der Waals surface area (Å²) in [6.45, 7) is 0. The van der Waals surface area contributed by atoms with Gasteiger partial charge in [-0.2, -0.15) is 0 Å². The zero-order valence-corrected chi connectivity index (χ0v) is 10.2. The average molecular weight is 267 g/mol. The molecule has 0 aliphatic heterocycles. The maximum atomic E-state index is 12.1. The van der Waals surface area contributed by atoms with Crippen LogP contribution in [0.25, 0.3) is 11.5 Å². The number of aromatic nitrogens is 1. The molecule has 1 aliphatic carbocycles. The van der Waals surface area contributed by atoms with Gasteiger partial charge in [-0.3, -0.25) is 14.4 Å². The second kappa shape index (κ2) is 4.31. The van der Waals surface area contributed by atoms with E-state index in [1.165, 1.54) is 35.2 Å². The molecule has 5 nitrogen and oxygen atoms in total. The van der Waals surface area contributed by atoms with Gasteiger partial charge in [0.25, 0.3) is 5.78 Å². The van der Waals surface area contributed by atoms with Crippen molar-refractivity contribution >= 4 is 23.0 Å². The van der Waals surface area contributed by atoms with Crippen LogP contribution in [0.15, 0.2) is 53.6 Å². The largest absolute Gasteiger partial charge is 0.505 e. The molecule has 1 heterocycles. The first kappa shape index (κ1) is 12.1. The number of benzene rings is 1. The molecule has 0 saturated carbocycles. The van der Waals surface area contributed by atoms with Crippen LogP contribution in [0.5, 0.6) is 0 Å². The fourth-order valence-corrected chi connectivity index (χ4v) is 2.15. The van der Waals surface area contributed by atoms with Crippen molar-refractivity contribution in [1.29, 1.82) is 0 Å². The maximum Gasteiger partial charge on any atom is 0.254 e. The monoisotopic (exact) mass is 267 g/mol. The molecule has 0 amide bonds. The first-order valence-corrected chi connectivity index (χ1v) is 5.90. The van der Waals surface area contributed by atoms with Crippen LogP contribution in [-0.4, -0.2) is 21.2 Å². The number of aliphatic hydroxyl groups excluding tert-OH is 1. The van der Waals surface area contributed by atoms with E-state index in [2.05, 4.69) is 0 Å². The molecule has 2 aromatic rings. The predicted octanol–water partition coefficient (Wildman–Crippen LogP) is 1.50. The Labute approximate surface area is 113 Å². The van der Waals surface area contributed by atoms with Gasteiger partial charge < -0.3 is 9.67 Å². The lowest BCUT2D eigenvalue weighted by molar-refractivity contribution is -0.110. The number of hydrogen-bond acceptors (Lipinski definition) is 4. The molecule has 0 radical (unpaired) electrons. The molecule has 0 atom stereocenters. The molecule has 1 N–H and O–H groups in total. The van der Waals surface area contributed by atoms with Gasteiger partial charge in [-0.1, -0.05) is 24.3 Å². The highest BCUT2D eigenvalue weighted by atomic mass is 16.3. The van der Waals surface area contributed by atoms with Gasteiger partial charge in [-0.25, -0.2) is 0 Å². The van der Waals surface area contributed by atoms with Crippen molar-refractivity contribution in [3.05, 3.63) is 70.1 Å². The van der Waals surface area contributed by atoms with Gasteiger partial charge in [0.2, 0.25) is 5.78 Å². The Hall–Kier alpha value is -2.95. The zero-order chi connectivity index (χ0) is 14.3. The molecule has 0 spiro atoms. The number of carbonyl (C=O) groups is 2. The van der Waals surface area contributed by atoms with Crippen LogP contribution in [0.3, 0.4) is 0 Å². The summed E-state index contributed by atoms with van der Waals surface area (Å²) in [6.07, 6.45) is 2.68. The minimum atomic E-state index is -0.801. The number of carbonyl (C=O) groups excluding carboxylic acids is 2. The molecule has 1 aliphatic rings. The maximum absolute atomic E-state index is 12.1. The van der Waals surface area contributed by atoms with E-state index in [9.17, 15) is 19.5 Å². The van der Waals surface area contributed by atoms with Crippen LogP contribution in [0.1, 0.15) is 15.9 Å². The van der Waals surface area contributed by atoms with E-state index in [1.54, 1.807) is 18.2 Å². The number of ketones is 2. The summed E-state index contributed by atoms with van der Waals surface area (Å²) in [7, 11) is 0. The van der Waals surface area contributed by atoms with Gasteiger partial charge in [0.15, 0.2) is 11.2 Å². The SMILES string of the molecule is O=C1C(=O)c2ccccc2C(O)=C1n1ccc(=O)cc1. The molecular formula is C15H9NO4. The van der Waals surface area contributed by atoms with E-state index in [1.807, 2.05) is 0 Å². The number of aliphatic hydroxyl groups is 1. The molecular weight excluding hydrogens is 258 g/mol. The van der Waals surface area contributed by atoms with Gasteiger partial charge in [0.1, 0.15) is 5.70 Å². The fraction of sp³-hybridized carbons (Fsp3) is 0. The first-order valence-electron chi connectivity index (χ1n) is 5.90. The van der Waals surface area contributed by atoms with E-state index in [4.69, 9.17) is 0 Å². The lowest BCUT2D eigenvalue weighted by atomic mass is 9.91. The number of fused-ring (bicyclic) bond motifs is 1. The summed E-state index contributed by atoms with van der Waals surface area (Å²) >= 11 is 0. The Bertz CT molecular complexity index is 809. The molecule has 1 aromatic heterocycles. The Kier molecular flexibility index (Phi) is 2.61. The standard InChI is InChI=1S/C15H9NO4/c17-9-5-7-16(8-6-9)12-13(18)10-3-1-2-4-11(10)14(19)15(12)20/h1-8,18H. The number of allylic oxidation sites excluding steroid dienone is 1. The van der Waals surface area contributed by atoms with Gasteiger partial charge in [0.05, 0.1) is 0 Å². The highest BCUT2D eigenvalue weighted by Gasteiger charge is 2.33. The van der Waals surface area contributed by atoms with Crippen molar-refractivity contribution in [2.75, 3.05) is 0 Å². The minimum Gasteiger partial charge on any atom is -0.505 e. The van der Waals surface area contributed by atoms with E-state index >= 15 is 0 Å². The molecule has 0 unspecified atom stereocenters. The third-order valence-corrected chi connectivity index (χ3v) is 3.13. The fourth-order valence-electron chi connectivity index (χ4n) is 2.15. The highest BCUT2D eigenvalue weighted by molar-refractivity contribution is 6.60. The Morgan fingerprint density at radius 2 is 1.40 bits per heavy atom. The van der Waals surface area contributed by atoms with Crippen LogP contribution in [0, 0.1) is 0 Å². The topological polar surface area (TPSA) is 76.4 Å². The summed E-state index contributed by atoms with van der Waals surface area (Å²) < 4.78 is 1.27. The number of hydrogen-bond donors (Lipinski definition) is 1. The van der Waals surface area contributed by atoms with Crippen LogP contribution in [-0.2, 0) is 4.79 Å². The second-order valence-electron chi connectivity index (χ2n) is 4.34. The molecule has 98 valence electrons. The summed E-state index contributed by atoms with van der Waals surface area (Å²) in [4.78, 5) is 35.2. The van der Waals surface area contributed by atoms with Crippen LogP contribution in [0.4, 0.5) is 0 Å². The van der Waals surface area contributed by atoms with Crippen molar-refractivity contribution < 1.29 is 14.7 Å². The molecule has 5 heteroatoms. The van der Waals surface area contributed by atoms with Crippen LogP contribution < -0.4 is 5.43 Å². The number of pyridine rings is 1. The summed E-state index contributed by atoms with van der Waals surface area (Å²) in [6, 6.07) is 8.85. The Morgan fingerprint density at radius 1 is 0.800 bits per heavy atom. The van der Waals surface area contributed by atoms with E-state index in [-0.39, 0.29) is 22.4 Å². The van der Waals surface area contributed by atoms with Crippen molar-refractivity contribution in [2.45, 2.75) is 0 Å². The lowest BCUT2D eigenvalue weighted by Crippen LogP contribution is -2.26. The third-order valence-electron chi connectivity index (χ3n) is 3.13. The molecule has 1 aromatic carbocycles. The van der Waals surface area contributed by atoms with Gasteiger partial charge in [-0.05, 0) is 0 Å². The second-order valence-corrected chi connectivity index (χ2v) is 4.34. The summed E-state index contributed by atoms with van der Waals surface area (Å²) in [5.74, 6) is -1.74.